The second-order valence-electron chi connectivity index (χ2n) is 30.1. The van der Waals surface area contributed by atoms with E-state index in [2.05, 4.69) is 255 Å². The molecule has 0 bridgehead atoms. The van der Waals surface area contributed by atoms with Gasteiger partial charge in [0.15, 0.2) is 0 Å². The molecule has 16 heterocycles. The molecule has 0 aliphatic carbocycles. The van der Waals surface area contributed by atoms with Crippen LogP contribution >= 0.6 is 113 Å². The van der Waals surface area contributed by atoms with Crippen molar-refractivity contribution < 1.29 is 26.5 Å². The number of rotatable bonds is 14. The van der Waals surface area contributed by atoms with E-state index in [0.29, 0.717) is 58.1 Å². The van der Waals surface area contributed by atoms with Crippen LogP contribution in [0.3, 0.4) is 0 Å². The van der Waals surface area contributed by atoms with Gasteiger partial charge in [0.1, 0.15) is 71.7 Å². The molecule has 0 N–H and O–H groups in total. The Labute approximate surface area is 729 Å². The normalized spacial score (nSPS) is 12.3. The number of hydrogen-bond acceptors (Lipinski definition) is 22. The van der Waals surface area contributed by atoms with Crippen molar-refractivity contribution in [2.45, 2.75) is 0 Å². The molecular weight excluding hydrogens is 1700 g/mol. The van der Waals surface area contributed by atoms with Crippen LogP contribution in [-0.4, -0.2) is 29.9 Å². The molecule has 22 heteroatoms. The highest BCUT2D eigenvalue weighted by atomic mass is 32.1. The second-order valence-corrected chi connectivity index (χ2v) is 40.8. The molecule has 27 rings (SSSR count). The summed E-state index contributed by atoms with van der Waals surface area (Å²) in [6.45, 7) is 0. The van der Waals surface area contributed by atoms with Crippen LogP contribution in [0.2, 0.25) is 0 Å². The Hall–Kier alpha value is -13.2. The molecule has 574 valence electrons. The first-order valence-electron chi connectivity index (χ1n) is 39.0. The smallest absolute Gasteiger partial charge is 0.236 e. The summed E-state index contributed by atoms with van der Waals surface area (Å²) >= 11 is 17.1. The SMILES string of the molecule is c1ccc2sc(-c3nc(-c4cc(-c5coc(-c6cc7ccccc7s6)n5)c5sc6c(-c7coc(-c8cc9ccccc9s8)n7)cc(-c7cc8cc9sc(-c%10cc(-c%11coc(-c%12cc%13ccccc%13s%12)n%11)c%11sc%12c(-c%13coc(-c%14cc%15ccccc%15s%14)n%13)cc(-c%13coc(-c%14cc%15ccccc%15s%14)n%13)cc%12c%11c%10)cc9cc8s7)cc6c5c4)co3)cc2c1. The van der Waals surface area contributed by atoms with Gasteiger partial charge in [-0.1, -0.05) is 109 Å². The van der Waals surface area contributed by atoms with Gasteiger partial charge < -0.3 is 26.5 Å². The number of benzene rings is 11. The van der Waals surface area contributed by atoms with E-state index >= 15 is 0 Å². The Bertz CT molecular complexity index is 8250. The van der Waals surface area contributed by atoms with Crippen LogP contribution in [0.1, 0.15) is 0 Å². The Kier molecular flexibility index (Phi) is 15.5. The van der Waals surface area contributed by atoms with Crippen LogP contribution in [0, 0.1) is 0 Å². The second kappa shape index (κ2) is 27.2. The van der Waals surface area contributed by atoms with E-state index in [4.69, 9.17) is 56.4 Å². The van der Waals surface area contributed by atoms with Gasteiger partial charge in [0.25, 0.3) is 0 Å². The molecule has 0 aliphatic rings. The predicted octanol–water partition coefficient (Wildman–Crippen LogP) is 33.4. The molecule has 11 aromatic carbocycles. The molecule has 27 aromatic rings. The summed E-state index contributed by atoms with van der Waals surface area (Å²) in [6, 6.07) is 91.1. The summed E-state index contributed by atoms with van der Waals surface area (Å²) in [4.78, 5) is 39.9. The average Bonchev–Trinajstić information content (AvgIpc) is 1.57. The van der Waals surface area contributed by atoms with Gasteiger partial charge in [-0.2, -0.15) is 0 Å². The first-order valence-corrected chi connectivity index (χ1v) is 47.2. The van der Waals surface area contributed by atoms with Crippen LogP contribution < -0.4 is 0 Å². The fourth-order valence-corrected chi connectivity index (χ4v) is 27.5. The van der Waals surface area contributed by atoms with Crippen LogP contribution in [0.5, 0.6) is 0 Å². The largest absolute Gasteiger partial charge is 0.443 e. The van der Waals surface area contributed by atoms with Gasteiger partial charge in [-0.15, -0.1) is 113 Å². The van der Waals surface area contributed by atoms with Crippen molar-refractivity contribution in [3.63, 3.8) is 0 Å². The lowest BCUT2D eigenvalue weighted by atomic mass is 9.98. The van der Waals surface area contributed by atoms with Gasteiger partial charge in [0, 0.05) is 121 Å². The molecule has 0 saturated heterocycles. The molecule has 0 unspecified atom stereocenters. The van der Waals surface area contributed by atoms with Gasteiger partial charge in [-0.3, -0.25) is 0 Å². The highest BCUT2D eigenvalue weighted by Crippen LogP contribution is 2.54. The predicted molar refractivity (Wildman–Crippen MR) is 512 cm³/mol. The van der Waals surface area contributed by atoms with Gasteiger partial charge in [0.05, 0.1) is 29.3 Å². The number of oxazole rings is 6. The van der Waals surface area contributed by atoms with Crippen LogP contribution in [-0.2, 0) is 0 Å². The zero-order valence-corrected chi connectivity index (χ0v) is 71.1. The van der Waals surface area contributed by atoms with Crippen molar-refractivity contribution in [2.75, 3.05) is 0 Å². The maximum Gasteiger partial charge on any atom is 0.236 e. The lowest BCUT2D eigenvalue weighted by Gasteiger charge is -2.06. The van der Waals surface area contributed by atoms with Gasteiger partial charge in [-0.05, 0) is 200 Å². The lowest BCUT2D eigenvalue weighted by Crippen LogP contribution is -1.85. The van der Waals surface area contributed by atoms with E-state index in [1.165, 1.54) is 28.2 Å². The summed E-state index contributed by atoms with van der Waals surface area (Å²) in [5.74, 6) is 3.40. The van der Waals surface area contributed by atoms with Gasteiger partial charge >= 0.3 is 0 Å². The Morgan fingerprint density at radius 1 is 0.172 bits per heavy atom. The van der Waals surface area contributed by atoms with Crippen molar-refractivity contribution in [3.8, 4) is 153 Å². The lowest BCUT2D eigenvalue weighted by molar-refractivity contribution is 0.576. The number of thiophene rings is 10. The number of fused-ring (bicyclic) bond motifs is 14. The maximum atomic E-state index is 6.55. The molecule has 0 aliphatic heterocycles. The van der Waals surface area contributed by atoms with Crippen LogP contribution in [0.15, 0.2) is 319 Å². The van der Waals surface area contributed by atoms with Crippen molar-refractivity contribution in [2.24, 2.45) is 0 Å². The Morgan fingerprint density at radius 3 is 0.648 bits per heavy atom. The van der Waals surface area contributed by atoms with E-state index in [0.717, 1.165) is 188 Å². The minimum atomic E-state index is 0.562. The maximum absolute atomic E-state index is 6.55. The van der Waals surface area contributed by atoms with E-state index in [1.807, 2.05) is 12.5 Å². The van der Waals surface area contributed by atoms with Crippen molar-refractivity contribution in [1.82, 2.24) is 29.9 Å². The molecule has 0 saturated carbocycles. The summed E-state index contributed by atoms with van der Waals surface area (Å²) in [5.41, 5.74) is 12.0. The fourth-order valence-electron chi connectivity index (χ4n) is 16.8. The summed E-state index contributed by atoms with van der Waals surface area (Å²) in [5, 5.41) is 13.4. The molecule has 12 nitrogen and oxygen atoms in total. The fraction of sp³-hybridized carbons (Fsp3) is 0. The van der Waals surface area contributed by atoms with Crippen LogP contribution in [0.4, 0.5) is 0 Å². The average molecular weight is 1750 g/mol. The van der Waals surface area contributed by atoms with E-state index in [-0.39, 0.29) is 0 Å². The molecular formula is C100H48N6O6S10. The Balaban J connectivity index is 0.619. The molecule has 16 aromatic heterocycles. The molecule has 0 fully saturated rings. The quantitative estimate of drug-likeness (QED) is 0.102. The number of hydrogen-bond donors (Lipinski definition) is 0. The Morgan fingerprint density at radius 2 is 0.385 bits per heavy atom. The highest BCUT2D eigenvalue weighted by Gasteiger charge is 2.29. The number of aromatic nitrogens is 6. The standard InChI is InChI=1S/C100H48N6O6S10/c1-7-19-75-49(13-1)33-85(113-75)95-101-69(43-107-95)55-25-61-63-29-57(31-67(73-47-111-99(105-73)89-37-53-17-5-11-23-79(53)117-89)93(63)121-91(61)65(27-55)71-45-109-97(103-71)87-35-51-15-3-9-21-77(51)115-87)81-39-59-41-84-60(42-83(59)119-81)40-82(120-84)58-30-64-62-26-56(70-44-108-96(102-70)86-34-50-14-2-8-20-76(50)114-86)28-66(72-46-110-98(104-72)88-36-52-16-4-10-22-78(52)116-88)92(62)122-94(64)68(32-58)74-48-112-100(106-74)90-38-54-18-6-12-24-80(54)118-90/h1-48H. The molecule has 0 atom stereocenters. The minimum Gasteiger partial charge on any atom is -0.443 e. The minimum absolute atomic E-state index is 0.562. The third-order valence-electron chi connectivity index (χ3n) is 22.6. The third kappa shape index (κ3) is 11.5. The van der Waals surface area contributed by atoms with Crippen LogP contribution in [0.25, 0.3) is 274 Å². The monoisotopic (exact) mass is 1750 g/mol. The third-order valence-corrected chi connectivity index (χ3v) is 34.1. The first kappa shape index (κ1) is 69.6. The molecule has 0 spiro atoms. The van der Waals surface area contributed by atoms with E-state index in [9.17, 15) is 0 Å². The van der Waals surface area contributed by atoms with Crippen molar-refractivity contribution in [3.05, 3.63) is 292 Å². The zero-order chi connectivity index (χ0) is 79.5. The van der Waals surface area contributed by atoms with Gasteiger partial charge in [0.2, 0.25) is 35.3 Å². The summed E-state index contributed by atoms with van der Waals surface area (Å²) < 4.78 is 52.5. The van der Waals surface area contributed by atoms with Crippen molar-refractivity contribution in [1.29, 1.82) is 0 Å². The molecule has 0 amide bonds. The topological polar surface area (TPSA) is 156 Å². The summed E-state index contributed by atoms with van der Waals surface area (Å²) in [7, 11) is 0. The molecule has 0 radical (unpaired) electrons. The molecule has 122 heavy (non-hydrogen) atoms. The number of nitrogens with zero attached hydrogens (tertiary/aromatic N) is 6. The highest BCUT2D eigenvalue weighted by molar-refractivity contribution is 7.28. The van der Waals surface area contributed by atoms with E-state index in [1.54, 1.807) is 138 Å². The summed E-state index contributed by atoms with van der Waals surface area (Å²) in [6.07, 6.45) is 10.8. The van der Waals surface area contributed by atoms with Crippen molar-refractivity contribution >= 4 is 234 Å². The zero-order valence-electron chi connectivity index (χ0n) is 62.9. The first-order chi connectivity index (χ1) is 60.2. The van der Waals surface area contributed by atoms with E-state index < -0.39 is 0 Å². The van der Waals surface area contributed by atoms with Gasteiger partial charge in [-0.25, -0.2) is 29.9 Å².